The second kappa shape index (κ2) is 15.4. The molecular formula is C62H46N2. The zero-order chi connectivity index (χ0) is 42.7. The largest absolute Gasteiger partial charge is 0.310 e. The minimum absolute atomic E-state index is 0.984. The first kappa shape index (κ1) is 37.8. The predicted molar refractivity (Wildman–Crippen MR) is 276 cm³/mol. The van der Waals surface area contributed by atoms with Crippen LogP contribution in [-0.4, -0.2) is 0 Å². The van der Waals surface area contributed by atoms with Crippen LogP contribution in [0.5, 0.6) is 0 Å². The highest BCUT2D eigenvalue weighted by atomic mass is 15.1. The second-order valence-electron chi connectivity index (χ2n) is 17.4. The molecule has 0 saturated heterocycles. The van der Waals surface area contributed by atoms with Gasteiger partial charge in [-0.1, -0.05) is 169 Å². The van der Waals surface area contributed by atoms with Crippen molar-refractivity contribution in [1.29, 1.82) is 0 Å². The molecule has 64 heavy (non-hydrogen) atoms. The van der Waals surface area contributed by atoms with Gasteiger partial charge in [0.15, 0.2) is 0 Å². The fraction of sp³-hybridized carbons (Fsp3) is 0.0645. The van der Waals surface area contributed by atoms with Crippen LogP contribution in [0, 0.1) is 13.8 Å². The summed E-state index contributed by atoms with van der Waals surface area (Å²) in [6.07, 6.45) is 17.6. The van der Waals surface area contributed by atoms with Gasteiger partial charge >= 0.3 is 0 Å². The van der Waals surface area contributed by atoms with Crippen LogP contribution in [-0.2, 0) is 6.42 Å². The van der Waals surface area contributed by atoms with E-state index in [9.17, 15) is 0 Å². The molecule has 0 atom stereocenters. The maximum absolute atomic E-state index is 2.43. The Kier molecular flexibility index (Phi) is 9.12. The molecule has 0 heterocycles. The first-order valence-corrected chi connectivity index (χ1v) is 22.4. The van der Waals surface area contributed by atoms with Crippen molar-refractivity contribution in [2.24, 2.45) is 0 Å². The van der Waals surface area contributed by atoms with Gasteiger partial charge in [0.25, 0.3) is 0 Å². The van der Waals surface area contributed by atoms with Crippen LogP contribution in [0.3, 0.4) is 0 Å². The van der Waals surface area contributed by atoms with Crippen molar-refractivity contribution in [2.45, 2.75) is 26.7 Å². The molecule has 0 N–H and O–H groups in total. The van der Waals surface area contributed by atoms with E-state index in [4.69, 9.17) is 0 Å². The Hall–Kier alpha value is -7.94. The normalized spacial score (nSPS) is 13.2. The van der Waals surface area contributed by atoms with Gasteiger partial charge in [-0.25, -0.2) is 0 Å². The molecule has 2 heteroatoms. The third-order valence-electron chi connectivity index (χ3n) is 13.4. The molecule has 0 aromatic heterocycles. The molecule has 0 radical (unpaired) electrons. The highest BCUT2D eigenvalue weighted by molar-refractivity contribution is 6.25. The Labute approximate surface area is 375 Å². The maximum Gasteiger partial charge on any atom is 0.0540 e. The van der Waals surface area contributed by atoms with Gasteiger partial charge in [-0.2, -0.15) is 0 Å². The van der Waals surface area contributed by atoms with E-state index < -0.39 is 0 Å². The first-order valence-electron chi connectivity index (χ1n) is 22.4. The van der Waals surface area contributed by atoms with Gasteiger partial charge in [0, 0.05) is 33.5 Å². The van der Waals surface area contributed by atoms with E-state index in [0.717, 1.165) is 46.7 Å². The average Bonchev–Trinajstić information content (AvgIpc) is 3.34. The molecule has 0 spiro atoms. The molecule has 0 unspecified atom stereocenters. The topological polar surface area (TPSA) is 6.48 Å². The van der Waals surface area contributed by atoms with Gasteiger partial charge in [0.05, 0.1) is 11.4 Å². The number of hydrogen-bond donors (Lipinski definition) is 0. The second-order valence-corrected chi connectivity index (χ2v) is 17.4. The molecule has 0 saturated carbocycles. The number of rotatable bonds is 9. The summed E-state index contributed by atoms with van der Waals surface area (Å²) < 4.78 is 0. The zero-order valence-electron chi connectivity index (χ0n) is 36.1. The number of nitrogens with zero attached hydrogens (tertiary/aromatic N) is 2. The highest BCUT2D eigenvalue weighted by Gasteiger charge is 2.24. The Balaban J connectivity index is 0.829. The standard InChI is InChI=1S/C62H46N2/c1-41-13-29-51(30-14-41)63(57-39-27-49-23-21-45-9-5-11-47-25-37-55(57)61(49)59(45)47)53-33-17-43(18-34-53)7-3-4-8-44-19-35-54(36-20-44)64(52-31-15-42(2)16-32-52)58-40-28-50-24-22-46-10-6-12-48-26-38-56(58)62(50)60(46)48/h3-9,11-23,25-40H,10,24H2,1-2H3. The minimum atomic E-state index is 0.984. The molecule has 0 fully saturated rings. The van der Waals surface area contributed by atoms with E-state index >= 15 is 0 Å². The lowest BCUT2D eigenvalue weighted by Gasteiger charge is -2.30. The summed E-state index contributed by atoms with van der Waals surface area (Å²) in [5.41, 5.74) is 17.3. The maximum atomic E-state index is 2.43. The minimum Gasteiger partial charge on any atom is -0.310 e. The summed E-state index contributed by atoms with van der Waals surface area (Å²) in [4.78, 5) is 4.82. The van der Waals surface area contributed by atoms with Crippen LogP contribution in [0.25, 0.3) is 66.9 Å². The Morgan fingerprint density at radius 3 is 1.50 bits per heavy atom. The number of anilines is 6. The first-order chi connectivity index (χ1) is 31.5. The summed E-state index contributed by atoms with van der Waals surface area (Å²) in [5, 5.41) is 10.4. The monoisotopic (exact) mass is 818 g/mol. The van der Waals surface area contributed by atoms with Gasteiger partial charge < -0.3 is 9.80 Å². The summed E-state index contributed by atoms with van der Waals surface area (Å²) in [7, 11) is 0. The lowest BCUT2D eigenvalue weighted by Crippen LogP contribution is -2.12. The molecule has 0 aliphatic heterocycles. The SMILES string of the molecule is Cc1ccc(N(c2ccc(C=CC=Cc3ccc(N(c4ccc(C)cc4)c4ccc5ccc6cccc7ccc4c5c67)cc3)cc2)c2ccc3c4c5c(ccc24)C=CCC5=CC3)cc1. The smallest absolute Gasteiger partial charge is 0.0540 e. The predicted octanol–water partition coefficient (Wildman–Crippen LogP) is 17.4. The molecule has 2 aliphatic rings. The molecular weight excluding hydrogens is 773 g/mol. The van der Waals surface area contributed by atoms with Gasteiger partial charge in [0.1, 0.15) is 0 Å². The Morgan fingerprint density at radius 1 is 0.422 bits per heavy atom. The molecule has 2 aliphatic carbocycles. The quantitative estimate of drug-likeness (QED) is 0.106. The van der Waals surface area contributed by atoms with Gasteiger partial charge in [0.2, 0.25) is 0 Å². The van der Waals surface area contributed by atoms with Gasteiger partial charge in [-0.3, -0.25) is 0 Å². The van der Waals surface area contributed by atoms with Crippen LogP contribution in [0.15, 0.2) is 200 Å². The Bertz CT molecular complexity index is 3510. The molecule has 10 aromatic carbocycles. The molecule has 0 amide bonds. The molecule has 12 rings (SSSR count). The van der Waals surface area contributed by atoms with Crippen molar-refractivity contribution in [3.8, 4) is 0 Å². The van der Waals surface area contributed by atoms with E-state index in [1.54, 1.807) is 0 Å². The van der Waals surface area contributed by atoms with Crippen molar-refractivity contribution < 1.29 is 0 Å². The summed E-state index contributed by atoms with van der Waals surface area (Å²) in [6.45, 7) is 4.30. The van der Waals surface area contributed by atoms with Crippen molar-refractivity contribution in [3.05, 3.63) is 239 Å². The number of benzene rings is 10. The van der Waals surface area contributed by atoms with Crippen molar-refractivity contribution >= 4 is 101 Å². The van der Waals surface area contributed by atoms with Crippen LogP contribution in [0.4, 0.5) is 34.1 Å². The number of hydrogen-bond acceptors (Lipinski definition) is 2. The van der Waals surface area contributed by atoms with Crippen molar-refractivity contribution in [1.82, 2.24) is 0 Å². The van der Waals surface area contributed by atoms with Crippen molar-refractivity contribution in [3.63, 3.8) is 0 Å². The third kappa shape index (κ3) is 6.50. The van der Waals surface area contributed by atoms with Crippen LogP contribution in [0.2, 0.25) is 0 Å². The fourth-order valence-corrected chi connectivity index (χ4v) is 10.2. The van der Waals surface area contributed by atoms with Crippen LogP contribution >= 0.6 is 0 Å². The van der Waals surface area contributed by atoms with Gasteiger partial charge in [-0.15, -0.1) is 0 Å². The zero-order valence-corrected chi connectivity index (χ0v) is 36.1. The molecule has 2 nitrogen and oxygen atoms in total. The number of aryl methyl sites for hydroxylation is 2. The molecule has 0 bridgehead atoms. The molecule has 10 aromatic rings. The Morgan fingerprint density at radius 2 is 0.906 bits per heavy atom. The highest BCUT2D eigenvalue weighted by Crippen LogP contribution is 2.47. The summed E-state index contributed by atoms with van der Waals surface area (Å²) in [5.74, 6) is 0. The summed E-state index contributed by atoms with van der Waals surface area (Å²) in [6, 6.07) is 65.1. The van der Waals surface area contributed by atoms with Crippen LogP contribution in [0.1, 0.15) is 45.4 Å². The van der Waals surface area contributed by atoms with E-state index in [1.165, 1.54) is 87.9 Å². The number of allylic oxidation sites excluding steroid dienone is 5. The lowest BCUT2D eigenvalue weighted by molar-refractivity contribution is 1.22. The molecule has 304 valence electrons. The van der Waals surface area contributed by atoms with E-state index in [2.05, 4.69) is 242 Å². The average molecular weight is 819 g/mol. The van der Waals surface area contributed by atoms with E-state index in [-0.39, 0.29) is 0 Å². The fourth-order valence-electron chi connectivity index (χ4n) is 10.2. The lowest BCUT2D eigenvalue weighted by atomic mass is 9.81. The van der Waals surface area contributed by atoms with E-state index in [0.29, 0.717) is 0 Å². The van der Waals surface area contributed by atoms with E-state index in [1.807, 2.05) is 0 Å². The van der Waals surface area contributed by atoms with Crippen LogP contribution < -0.4 is 9.80 Å². The van der Waals surface area contributed by atoms with Crippen molar-refractivity contribution in [2.75, 3.05) is 9.80 Å². The van der Waals surface area contributed by atoms with Gasteiger partial charge in [-0.05, 0) is 153 Å². The third-order valence-corrected chi connectivity index (χ3v) is 13.4. The summed E-state index contributed by atoms with van der Waals surface area (Å²) >= 11 is 0.